The average molecular weight is 643 g/mol. The van der Waals surface area contributed by atoms with Crippen LogP contribution in [0.15, 0.2) is 170 Å². The van der Waals surface area contributed by atoms with Gasteiger partial charge in [0.2, 0.25) is 0 Å². The van der Waals surface area contributed by atoms with Gasteiger partial charge in [0, 0.05) is 27.9 Å². The molecule has 0 bridgehead atoms. The molecule has 0 fully saturated rings. The molecule has 3 nitrogen and oxygen atoms in total. The summed E-state index contributed by atoms with van der Waals surface area (Å²) in [4.78, 5) is 4.85. The molecule has 2 aliphatic rings. The summed E-state index contributed by atoms with van der Waals surface area (Å²) in [5.74, 6) is 1.71. The molecule has 0 spiro atoms. The van der Waals surface area contributed by atoms with Crippen LogP contribution >= 0.6 is 0 Å². The van der Waals surface area contributed by atoms with Crippen LogP contribution in [0.5, 0.6) is 11.5 Å². The third-order valence-electron chi connectivity index (χ3n) is 10.6. The molecule has 3 heteroatoms. The van der Waals surface area contributed by atoms with Gasteiger partial charge in [0.1, 0.15) is 0 Å². The molecule has 0 radical (unpaired) electrons. The second-order valence-corrected chi connectivity index (χ2v) is 13.8. The minimum absolute atomic E-state index is 0.291. The van der Waals surface area contributed by atoms with Crippen LogP contribution in [-0.4, -0.2) is 0 Å². The van der Waals surface area contributed by atoms with E-state index in [1.54, 1.807) is 0 Å². The maximum Gasteiger partial charge on any atom is 0.153 e. The monoisotopic (exact) mass is 642 g/mol. The SMILES string of the molecule is CC1(C)c2ccccc2N2c3c(cc(N(c4ccc(-c5ccccc5)cc4)c4cccc5ccccc45)cc31)Oc1ccc3ccccc3c12. The Morgan fingerprint density at radius 1 is 0.480 bits per heavy atom. The molecule has 0 N–H and O–H groups in total. The number of fused-ring (bicyclic) bond motifs is 7. The third kappa shape index (κ3) is 4.23. The Balaban J connectivity index is 1.24. The Kier molecular flexibility index (Phi) is 6.22. The van der Waals surface area contributed by atoms with E-state index in [-0.39, 0.29) is 5.41 Å². The fraction of sp³-hybridized carbons (Fsp3) is 0.0638. The van der Waals surface area contributed by atoms with Gasteiger partial charge in [-0.1, -0.05) is 141 Å². The van der Waals surface area contributed by atoms with Crippen molar-refractivity contribution in [1.29, 1.82) is 0 Å². The van der Waals surface area contributed by atoms with Crippen molar-refractivity contribution >= 4 is 55.7 Å². The van der Waals surface area contributed by atoms with Gasteiger partial charge in [-0.25, -0.2) is 0 Å². The van der Waals surface area contributed by atoms with Crippen molar-refractivity contribution in [1.82, 2.24) is 0 Å². The first kappa shape index (κ1) is 28.7. The maximum absolute atomic E-state index is 7.00. The summed E-state index contributed by atoms with van der Waals surface area (Å²) >= 11 is 0. The summed E-state index contributed by atoms with van der Waals surface area (Å²) in [6.45, 7) is 4.69. The van der Waals surface area contributed by atoms with Gasteiger partial charge in [-0.05, 0) is 69.4 Å². The number of nitrogens with zero attached hydrogens (tertiary/aromatic N) is 2. The maximum atomic E-state index is 7.00. The van der Waals surface area contributed by atoms with Crippen molar-refractivity contribution in [2.75, 3.05) is 9.80 Å². The summed E-state index contributed by atoms with van der Waals surface area (Å²) in [5, 5.41) is 4.76. The normalized spacial score (nSPS) is 13.7. The van der Waals surface area contributed by atoms with E-state index in [0.717, 1.165) is 39.9 Å². The standard InChI is InChI=1S/C47H34N2O/c1-47(2)39-20-10-11-21-42(39)49-45-38-19-9-7-16-34(38)25-28-43(45)50-44-30-36(29-40(47)46(44)49)48(41-22-12-17-33-15-6-8-18-37(33)41)35-26-23-32(24-27-35)31-13-4-3-5-14-31/h3-30H,1-2H3. The fourth-order valence-corrected chi connectivity index (χ4v) is 8.13. The Morgan fingerprint density at radius 3 is 1.96 bits per heavy atom. The van der Waals surface area contributed by atoms with E-state index in [4.69, 9.17) is 4.74 Å². The number of hydrogen-bond donors (Lipinski definition) is 0. The molecule has 0 aromatic heterocycles. The lowest BCUT2D eigenvalue weighted by atomic mass is 9.72. The van der Waals surface area contributed by atoms with Crippen LogP contribution in [0.2, 0.25) is 0 Å². The molecule has 0 saturated heterocycles. The van der Waals surface area contributed by atoms with E-state index in [0.29, 0.717) is 0 Å². The molecule has 50 heavy (non-hydrogen) atoms. The van der Waals surface area contributed by atoms with Crippen LogP contribution in [-0.2, 0) is 5.41 Å². The first-order chi connectivity index (χ1) is 24.6. The number of hydrogen-bond acceptors (Lipinski definition) is 3. The highest BCUT2D eigenvalue weighted by molar-refractivity contribution is 6.07. The Hall–Kier alpha value is -6.32. The molecule has 0 amide bonds. The molecular weight excluding hydrogens is 609 g/mol. The van der Waals surface area contributed by atoms with Crippen molar-refractivity contribution in [3.8, 4) is 22.6 Å². The summed E-state index contributed by atoms with van der Waals surface area (Å²) < 4.78 is 7.00. The molecule has 0 saturated carbocycles. The molecular formula is C47H34N2O. The van der Waals surface area contributed by atoms with Crippen LogP contribution in [0.25, 0.3) is 32.7 Å². The third-order valence-corrected chi connectivity index (χ3v) is 10.6. The Bertz CT molecular complexity index is 2600. The lowest BCUT2D eigenvalue weighted by Crippen LogP contribution is -2.32. The van der Waals surface area contributed by atoms with Crippen LogP contribution in [0, 0.1) is 0 Å². The van der Waals surface area contributed by atoms with Crippen LogP contribution in [0.4, 0.5) is 34.1 Å². The van der Waals surface area contributed by atoms with E-state index in [1.165, 1.54) is 49.5 Å². The van der Waals surface area contributed by atoms with Crippen molar-refractivity contribution < 1.29 is 4.74 Å². The van der Waals surface area contributed by atoms with Gasteiger partial charge < -0.3 is 14.5 Å². The van der Waals surface area contributed by atoms with Crippen LogP contribution in [0.3, 0.4) is 0 Å². The largest absolute Gasteiger partial charge is 0.453 e. The number of benzene rings is 8. The lowest BCUT2D eigenvalue weighted by Gasteiger charge is -2.45. The van der Waals surface area contributed by atoms with E-state index in [1.807, 2.05) is 0 Å². The molecule has 2 heterocycles. The number of ether oxygens (including phenoxy) is 1. The number of rotatable bonds is 4. The van der Waals surface area contributed by atoms with Gasteiger partial charge in [0.25, 0.3) is 0 Å². The topological polar surface area (TPSA) is 15.7 Å². The zero-order chi connectivity index (χ0) is 33.4. The molecule has 238 valence electrons. The van der Waals surface area contributed by atoms with E-state index >= 15 is 0 Å². The van der Waals surface area contributed by atoms with Gasteiger partial charge in [-0.3, -0.25) is 0 Å². The molecule has 2 aliphatic heterocycles. The molecule has 8 aromatic carbocycles. The fourth-order valence-electron chi connectivity index (χ4n) is 8.13. The van der Waals surface area contributed by atoms with E-state index in [2.05, 4.69) is 194 Å². The zero-order valence-electron chi connectivity index (χ0n) is 28.0. The zero-order valence-corrected chi connectivity index (χ0v) is 28.0. The highest BCUT2D eigenvalue weighted by Crippen LogP contribution is 2.62. The van der Waals surface area contributed by atoms with Crippen molar-refractivity contribution in [2.45, 2.75) is 19.3 Å². The van der Waals surface area contributed by atoms with Gasteiger partial charge in [-0.15, -0.1) is 0 Å². The molecule has 10 rings (SSSR count). The summed E-state index contributed by atoms with van der Waals surface area (Å²) in [6, 6.07) is 61.1. The molecule has 0 aliphatic carbocycles. The second-order valence-electron chi connectivity index (χ2n) is 13.8. The smallest absolute Gasteiger partial charge is 0.153 e. The molecule has 8 aromatic rings. The average Bonchev–Trinajstić information content (AvgIpc) is 3.17. The van der Waals surface area contributed by atoms with Gasteiger partial charge in [-0.2, -0.15) is 0 Å². The predicted octanol–water partition coefficient (Wildman–Crippen LogP) is 13.3. The Labute approximate surface area is 292 Å². The first-order valence-electron chi connectivity index (χ1n) is 17.3. The van der Waals surface area contributed by atoms with E-state index in [9.17, 15) is 0 Å². The molecule has 0 unspecified atom stereocenters. The summed E-state index contributed by atoms with van der Waals surface area (Å²) in [7, 11) is 0. The Morgan fingerprint density at radius 2 is 1.14 bits per heavy atom. The van der Waals surface area contributed by atoms with Crippen molar-refractivity contribution in [2.24, 2.45) is 0 Å². The first-order valence-corrected chi connectivity index (χ1v) is 17.3. The predicted molar refractivity (Wildman–Crippen MR) is 208 cm³/mol. The van der Waals surface area contributed by atoms with Crippen LogP contribution in [0.1, 0.15) is 25.0 Å². The summed E-state index contributed by atoms with van der Waals surface area (Å²) in [5.41, 5.74) is 11.3. The van der Waals surface area contributed by atoms with Crippen molar-refractivity contribution in [3.05, 3.63) is 181 Å². The van der Waals surface area contributed by atoms with Gasteiger partial charge >= 0.3 is 0 Å². The number of para-hydroxylation sites is 1. The quantitative estimate of drug-likeness (QED) is 0.190. The lowest BCUT2D eigenvalue weighted by molar-refractivity contribution is 0.472. The second kappa shape index (κ2) is 10.8. The minimum atomic E-state index is -0.291. The van der Waals surface area contributed by atoms with Crippen molar-refractivity contribution in [3.63, 3.8) is 0 Å². The van der Waals surface area contributed by atoms with Crippen LogP contribution < -0.4 is 14.5 Å². The minimum Gasteiger partial charge on any atom is -0.453 e. The van der Waals surface area contributed by atoms with Gasteiger partial charge in [0.05, 0.1) is 28.4 Å². The summed E-state index contributed by atoms with van der Waals surface area (Å²) in [6.07, 6.45) is 0. The molecule has 0 atom stereocenters. The van der Waals surface area contributed by atoms with E-state index < -0.39 is 0 Å². The highest BCUT2D eigenvalue weighted by atomic mass is 16.5. The highest BCUT2D eigenvalue weighted by Gasteiger charge is 2.42. The van der Waals surface area contributed by atoms with Gasteiger partial charge in [0.15, 0.2) is 11.5 Å². The number of anilines is 6.